The number of hydrogen-bond donors (Lipinski definition) is 0. The van der Waals surface area contributed by atoms with E-state index in [0.29, 0.717) is 11.6 Å². The van der Waals surface area contributed by atoms with Crippen LogP contribution in [0.25, 0.3) is 5.69 Å². The molecule has 0 spiro atoms. The van der Waals surface area contributed by atoms with Gasteiger partial charge in [0.15, 0.2) is 0 Å². The predicted octanol–water partition coefficient (Wildman–Crippen LogP) is 5.90. The summed E-state index contributed by atoms with van der Waals surface area (Å²) < 4.78 is 7.73. The van der Waals surface area contributed by atoms with Crippen molar-refractivity contribution in [2.24, 2.45) is 4.99 Å². The summed E-state index contributed by atoms with van der Waals surface area (Å²) in [4.78, 5) is 4.53. The van der Waals surface area contributed by atoms with E-state index < -0.39 is 0 Å². The minimum Gasteiger partial charge on any atom is -0.494 e. The molecular formula is C21H21ClN2O. The quantitative estimate of drug-likeness (QED) is 0.525. The Labute approximate surface area is 153 Å². The van der Waals surface area contributed by atoms with Crippen molar-refractivity contribution in [2.75, 3.05) is 6.61 Å². The van der Waals surface area contributed by atoms with E-state index in [1.165, 1.54) is 0 Å². The first-order chi connectivity index (χ1) is 12.1. The Morgan fingerprint density at radius 3 is 2.48 bits per heavy atom. The van der Waals surface area contributed by atoms with Crippen LogP contribution >= 0.6 is 11.6 Å². The molecule has 3 aromatic rings. The van der Waals surface area contributed by atoms with Crippen LogP contribution < -0.4 is 4.74 Å². The first kappa shape index (κ1) is 17.3. The second-order valence-electron chi connectivity index (χ2n) is 5.80. The zero-order valence-corrected chi connectivity index (χ0v) is 15.4. The van der Waals surface area contributed by atoms with Gasteiger partial charge in [-0.05, 0) is 63.2 Å². The standard InChI is InChI=1S/C21H21ClN2O/c1-4-25-19-11-9-18(10-12-19)24-15(2)13-17(16(24)3)14-23-21-8-6-5-7-20(21)22/h5-14H,4H2,1-3H3. The lowest BCUT2D eigenvalue weighted by Gasteiger charge is -2.11. The highest BCUT2D eigenvalue weighted by molar-refractivity contribution is 6.33. The third-order valence-corrected chi connectivity index (χ3v) is 4.39. The lowest BCUT2D eigenvalue weighted by Crippen LogP contribution is -2.00. The van der Waals surface area contributed by atoms with E-state index in [-0.39, 0.29) is 0 Å². The first-order valence-corrected chi connectivity index (χ1v) is 8.68. The molecule has 0 fully saturated rings. The van der Waals surface area contributed by atoms with E-state index in [9.17, 15) is 0 Å². The van der Waals surface area contributed by atoms with Crippen molar-refractivity contribution in [3.8, 4) is 11.4 Å². The van der Waals surface area contributed by atoms with Crippen molar-refractivity contribution in [1.29, 1.82) is 0 Å². The second-order valence-corrected chi connectivity index (χ2v) is 6.21. The molecule has 1 aromatic heterocycles. The Balaban J connectivity index is 1.92. The number of rotatable bonds is 5. The molecule has 128 valence electrons. The summed E-state index contributed by atoms with van der Waals surface area (Å²) in [5, 5.41) is 0.652. The highest BCUT2D eigenvalue weighted by atomic mass is 35.5. The van der Waals surface area contributed by atoms with Gasteiger partial charge in [0.05, 0.1) is 17.3 Å². The summed E-state index contributed by atoms with van der Waals surface area (Å²) in [7, 11) is 0. The lowest BCUT2D eigenvalue weighted by atomic mass is 10.2. The summed E-state index contributed by atoms with van der Waals surface area (Å²) in [6.07, 6.45) is 1.87. The Morgan fingerprint density at radius 2 is 1.80 bits per heavy atom. The number of aryl methyl sites for hydroxylation is 1. The van der Waals surface area contributed by atoms with Crippen LogP contribution in [0.15, 0.2) is 59.6 Å². The number of nitrogens with zero attached hydrogens (tertiary/aromatic N) is 2. The van der Waals surface area contributed by atoms with Gasteiger partial charge in [-0.1, -0.05) is 23.7 Å². The Hall–Kier alpha value is -2.52. The molecule has 4 heteroatoms. The van der Waals surface area contributed by atoms with Crippen LogP contribution in [0, 0.1) is 13.8 Å². The number of halogens is 1. The third-order valence-electron chi connectivity index (χ3n) is 4.07. The maximum absolute atomic E-state index is 6.17. The van der Waals surface area contributed by atoms with Crippen molar-refractivity contribution in [1.82, 2.24) is 4.57 Å². The molecule has 0 atom stereocenters. The van der Waals surface area contributed by atoms with Crippen LogP contribution in [0.3, 0.4) is 0 Å². The Bertz CT molecular complexity index is 895. The van der Waals surface area contributed by atoms with E-state index in [4.69, 9.17) is 16.3 Å². The minimum absolute atomic E-state index is 0.652. The fraction of sp³-hybridized carbons (Fsp3) is 0.190. The van der Waals surface area contributed by atoms with E-state index >= 15 is 0 Å². The molecule has 0 aliphatic rings. The van der Waals surface area contributed by atoms with Gasteiger partial charge in [-0.25, -0.2) is 0 Å². The van der Waals surface area contributed by atoms with Crippen LogP contribution in [-0.2, 0) is 0 Å². The average molecular weight is 353 g/mol. The lowest BCUT2D eigenvalue weighted by molar-refractivity contribution is 0.340. The van der Waals surface area contributed by atoms with Crippen LogP contribution in [-0.4, -0.2) is 17.4 Å². The zero-order valence-electron chi connectivity index (χ0n) is 14.7. The Morgan fingerprint density at radius 1 is 1.08 bits per heavy atom. The van der Waals surface area contributed by atoms with Crippen LogP contribution in [0.5, 0.6) is 5.75 Å². The number of hydrogen-bond acceptors (Lipinski definition) is 2. The number of para-hydroxylation sites is 1. The van der Waals surface area contributed by atoms with Gasteiger partial charge in [-0.15, -0.1) is 0 Å². The van der Waals surface area contributed by atoms with Crippen LogP contribution in [0.1, 0.15) is 23.9 Å². The second kappa shape index (κ2) is 7.58. The van der Waals surface area contributed by atoms with Gasteiger partial charge in [0.2, 0.25) is 0 Å². The molecule has 0 N–H and O–H groups in total. The zero-order chi connectivity index (χ0) is 17.8. The fourth-order valence-electron chi connectivity index (χ4n) is 2.87. The van der Waals surface area contributed by atoms with Gasteiger partial charge in [0, 0.05) is 28.9 Å². The highest BCUT2D eigenvalue weighted by Gasteiger charge is 2.09. The van der Waals surface area contributed by atoms with E-state index in [2.05, 4.69) is 41.6 Å². The van der Waals surface area contributed by atoms with Crippen molar-refractivity contribution in [3.63, 3.8) is 0 Å². The molecule has 0 saturated carbocycles. The van der Waals surface area contributed by atoms with E-state index in [0.717, 1.165) is 34.1 Å². The van der Waals surface area contributed by atoms with Gasteiger partial charge in [-0.2, -0.15) is 0 Å². The van der Waals surface area contributed by atoms with Crippen molar-refractivity contribution in [3.05, 3.63) is 76.6 Å². The minimum atomic E-state index is 0.652. The molecule has 2 aromatic carbocycles. The van der Waals surface area contributed by atoms with Crippen LogP contribution in [0.2, 0.25) is 5.02 Å². The largest absolute Gasteiger partial charge is 0.494 e. The van der Waals surface area contributed by atoms with Gasteiger partial charge >= 0.3 is 0 Å². The van der Waals surface area contributed by atoms with Crippen molar-refractivity contribution in [2.45, 2.75) is 20.8 Å². The summed E-state index contributed by atoms with van der Waals surface area (Å²) in [6, 6.07) is 17.8. The van der Waals surface area contributed by atoms with Gasteiger partial charge < -0.3 is 9.30 Å². The normalized spacial score (nSPS) is 11.2. The summed E-state index contributed by atoms with van der Waals surface area (Å²) in [5.41, 5.74) is 5.25. The Kier molecular flexibility index (Phi) is 5.25. The van der Waals surface area contributed by atoms with Gasteiger partial charge in [0.1, 0.15) is 5.75 Å². The number of aliphatic imine (C=N–C) groups is 1. The molecule has 0 aliphatic carbocycles. The summed E-state index contributed by atoms with van der Waals surface area (Å²) >= 11 is 6.17. The molecule has 0 radical (unpaired) electrons. The van der Waals surface area contributed by atoms with E-state index in [1.807, 2.05) is 49.5 Å². The smallest absolute Gasteiger partial charge is 0.119 e. The molecule has 0 unspecified atom stereocenters. The molecule has 0 saturated heterocycles. The fourth-order valence-corrected chi connectivity index (χ4v) is 3.05. The maximum Gasteiger partial charge on any atom is 0.119 e. The van der Waals surface area contributed by atoms with Gasteiger partial charge in [0.25, 0.3) is 0 Å². The summed E-state index contributed by atoms with van der Waals surface area (Å²) in [6.45, 7) is 6.84. The van der Waals surface area contributed by atoms with Crippen LogP contribution in [0.4, 0.5) is 5.69 Å². The number of benzene rings is 2. The molecule has 3 nitrogen and oxygen atoms in total. The molecule has 25 heavy (non-hydrogen) atoms. The van der Waals surface area contributed by atoms with E-state index in [1.54, 1.807) is 0 Å². The first-order valence-electron chi connectivity index (χ1n) is 8.31. The molecule has 0 bridgehead atoms. The average Bonchev–Trinajstić information content (AvgIpc) is 2.89. The molecular weight excluding hydrogens is 332 g/mol. The van der Waals surface area contributed by atoms with Crippen molar-refractivity contribution >= 4 is 23.5 Å². The third kappa shape index (κ3) is 3.77. The van der Waals surface area contributed by atoms with Gasteiger partial charge in [-0.3, -0.25) is 4.99 Å². The predicted molar refractivity (Wildman–Crippen MR) is 105 cm³/mol. The number of aromatic nitrogens is 1. The topological polar surface area (TPSA) is 26.5 Å². The highest BCUT2D eigenvalue weighted by Crippen LogP contribution is 2.25. The maximum atomic E-state index is 6.17. The molecule has 0 aliphatic heterocycles. The molecule has 3 rings (SSSR count). The molecule has 0 amide bonds. The van der Waals surface area contributed by atoms with Crippen molar-refractivity contribution < 1.29 is 4.74 Å². The molecule has 1 heterocycles. The number of ether oxygens (including phenoxy) is 1. The summed E-state index contributed by atoms with van der Waals surface area (Å²) in [5.74, 6) is 0.884. The SMILES string of the molecule is CCOc1ccc(-n2c(C)cc(C=Nc3ccccc3Cl)c2C)cc1. The monoisotopic (exact) mass is 352 g/mol.